The molecule has 0 saturated heterocycles. The van der Waals surface area contributed by atoms with Crippen LogP contribution >= 0.6 is 0 Å². The number of carbonyl (C=O) groups is 2. The predicted molar refractivity (Wildman–Crippen MR) is 73.6 cm³/mol. The van der Waals surface area contributed by atoms with E-state index in [9.17, 15) is 14.7 Å². The molecule has 1 aliphatic carbocycles. The van der Waals surface area contributed by atoms with Gasteiger partial charge in [-0.3, -0.25) is 9.59 Å². The minimum Gasteiger partial charge on any atom is -0.481 e. The standard InChI is InChI=1S/C14H26N2O3/c1-9(2)8-10(15)12(17)16-11-6-4-5-7-14(11,3)13(18)19/h9-11H,4-8,15H2,1-3H3,(H,16,17)(H,18,19)/t10-,11?,14?/m0/s1. The van der Waals surface area contributed by atoms with Gasteiger partial charge in [0.1, 0.15) is 0 Å². The first-order valence-electron chi connectivity index (χ1n) is 7.06. The van der Waals surface area contributed by atoms with Gasteiger partial charge in [-0.15, -0.1) is 0 Å². The highest BCUT2D eigenvalue weighted by molar-refractivity contribution is 5.83. The van der Waals surface area contributed by atoms with Crippen molar-refractivity contribution in [3.8, 4) is 0 Å². The Bertz CT molecular complexity index is 344. The van der Waals surface area contributed by atoms with Crippen molar-refractivity contribution in [1.82, 2.24) is 5.32 Å². The van der Waals surface area contributed by atoms with E-state index in [1.54, 1.807) is 6.92 Å². The van der Waals surface area contributed by atoms with Crippen molar-refractivity contribution in [2.75, 3.05) is 0 Å². The highest BCUT2D eigenvalue weighted by atomic mass is 16.4. The third-order valence-corrected chi connectivity index (χ3v) is 4.08. The number of carbonyl (C=O) groups excluding carboxylic acids is 1. The lowest BCUT2D eigenvalue weighted by atomic mass is 9.71. The van der Waals surface area contributed by atoms with E-state index in [-0.39, 0.29) is 11.9 Å². The van der Waals surface area contributed by atoms with E-state index in [1.807, 2.05) is 13.8 Å². The molecule has 1 fully saturated rings. The maximum Gasteiger partial charge on any atom is 0.311 e. The minimum absolute atomic E-state index is 0.229. The zero-order chi connectivity index (χ0) is 14.6. The average Bonchev–Trinajstić information content (AvgIpc) is 2.31. The molecule has 5 heteroatoms. The molecule has 19 heavy (non-hydrogen) atoms. The van der Waals surface area contributed by atoms with Gasteiger partial charge in [-0.05, 0) is 32.1 Å². The Morgan fingerprint density at radius 1 is 1.42 bits per heavy atom. The highest BCUT2D eigenvalue weighted by Gasteiger charge is 2.44. The minimum atomic E-state index is -0.870. The van der Waals surface area contributed by atoms with Crippen LogP contribution in [0.15, 0.2) is 0 Å². The van der Waals surface area contributed by atoms with Crippen LogP contribution in [0.2, 0.25) is 0 Å². The van der Waals surface area contributed by atoms with Gasteiger partial charge in [0, 0.05) is 6.04 Å². The van der Waals surface area contributed by atoms with Crippen molar-refractivity contribution >= 4 is 11.9 Å². The monoisotopic (exact) mass is 270 g/mol. The maximum atomic E-state index is 12.0. The second-order valence-electron chi connectivity index (χ2n) is 6.27. The summed E-state index contributed by atoms with van der Waals surface area (Å²) in [7, 11) is 0. The molecule has 4 N–H and O–H groups in total. The number of carboxylic acid groups (broad SMARTS) is 1. The van der Waals surface area contributed by atoms with Crippen LogP contribution in [0.25, 0.3) is 0 Å². The van der Waals surface area contributed by atoms with Crippen LogP contribution in [-0.2, 0) is 9.59 Å². The van der Waals surface area contributed by atoms with Gasteiger partial charge in [-0.25, -0.2) is 0 Å². The van der Waals surface area contributed by atoms with E-state index in [1.165, 1.54) is 0 Å². The molecule has 0 aromatic rings. The van der Waals surface area contributed by atoms with E-state index in [2.05, 4.69) is 5.32 Å². The van der Waals surface area contributed by atoms with Gasteiger partial charge >= 0.3 is 5.97 Å². The maximum absolute atomic E-state index is 12.0. The molecular formula is C14H26N2O3. The van der Waals surface area contributed by atoms with Crippen molar-refractivity contribution in [2.24, 2.45) is 17.1 Å². The summed E-state index contributed by atoms with van der Waals surface area (Å²) in [5.74, 6) is -0.721. The van der Waals surface area contributed by atoms with Gasteiger partial charge in [0.05, 0.1) is 11.5 Å². The van der Waals surface area contributed by atoms with Gasteiger partial charge in [0.25, 0.3) is 0 Å². The summed E-state index contributed by atoms with van der Waals surface area (Å²) in [5.41, 5.74) is 4.97. The highest BCUT2D eigenvalue weighted by Crippen LogP contribution is 2.36. The number of hydrogen-bond donors (Lipinski definition) is 3. The van der Waals surface area contributed by atoms with Crippen LogP contribution in [0.4, 0.5) is 0 Å². The van der Waals surface area contributed by atoms with Crippen LogP contribution in [0.3, 0.4) is 0 Å². The summed E-state index contributed by atoms with van der Waals surface area (Å²) in [6.07, 6.45) is 3.78. The Hall–Kier alpha value is -1.10. The Kier molecular flexibility index (Phi) is 5.35. The molecular weight excluding hydrogens is 244 g/mol. The lowest BCUT2D eigenvalue weighted by Crippen LogP contribution is -2.55. The van der Waals surface area contributed by atoms with Crippen LogP contribution < -0.4 is 11.1 Å². The predicted octanol–water partition coefficient (Wildman–Crippen LogP) is 1.51. The first-order chi connectivity index (χ1) is 8.77. The van der Waals surface area contributed by atoms with Crippen molar-refractivity contribution in [2.45, 2.75) is 65.0 Å². The fraction of sp³-hybridized carbons (Fsp3) is 0.857. The second-order valence-corrected chi connectivity index (χ2v) is 6.27. The molecule has 0 bridgehead atoms. The number of hydrogen-bond acceptors (Lipinski definition) is 3. The zero-order valence-corrected chi connectivity index (χ0v) is 12.1. The molecule has 0 radical (unpaired) electrons. The number of nitrogens with two attached hydrogens (primary N) is 1. The first-order valence-corrected chi connectivity index (χ1v) is 7.06. The smallest absolute Gasteiger partial charge is 0.311 e. The molecule has 0 heterocycles. The number of amides is 1. The van der Waals surface area contributed by atoms with Gasteiger partial charge in [0.15, 0.2) is 0 Å². The molecule has 1 rings (SSSR count). The molecule has 1 amide bonds. The molecule has 3 atom stereocenters. The summed E-state index contributed by atoms with van der Waals surface area (Å²) in [6, 6.07) is -0.871. The number of aliphatic carboxylic acids is 1. The molecule has 1 aliphatic rings. The molecule has 0 aromatic carbocycles. The van der Waals surface area contributed by atoms with Crippen molar-refractivity contribution in [3.05, 3.63) is 0 Å². The van der Waals surface area contributed by atoms with E-state index < -0.39 is 17.4 Å². The van der Waals surface area contributed by atoms with Gasteiger partial charge in [-0.1, -0.05) is 26.7 Å². The summed E-state index contributed by atoms with van der Waals surface area (Å²) >= 11 is 0. The third kappa shape index (κ3) is 3.93. The molecule has 2 unspecified atom stereocenters. The molecule has 0 aliphatic heterocycles. The SMILES string of the molecule is CC(C)C[C@H](N)C(=O)NC1CCCCC1(C)C(=O)O. The lowest BCUT2D eigenvalue weighted by Gasteiger charge is -2.38. The fourth-order valence-corrected chi connectivity index (χ4v) is 2.71. The Morgan fingerprint density at radius 3 is 2.58 bits per heavy atom. The van der Waals surface area contributed by atoms with Crippen molar-refractivity contribution in [1.29, 1.82) is 0 Å². The van der Waals surface area contributed by atoms with Crippen molar-refractivity contribution < 1.29 is 14.7 Å². The summed E-state index contributed by atoms with van der Waals surface area (Å²) < 4.78 is 0. The Morgan fingerprint density at radius 2 is 2.05 bits per heavy atom. The average molecular weight is 270 g/mol. The summed E-state index contributed by atoms with van der Waals surface area (Å²) in [6.45, 7) is 5.73. The van der Waals surface area contributed by atoms with Gasteiger partial charge in [-0.2, -0.15) is 0 Å². The van der Waals surface area contributed by atoms with Crippen LogP contribution in [0.5, 0.6) is 0 Å². The van der Waals surface area contributed by atoms with E-state index >= 15 is 0 Å². The first kappa shape index (κ1) is 16.0. The van der Waals surface area contributed by atoms with Crippen LogP contribution in [0.1, 0.15) is 52.9 Å². The van der Waals surface area contributed by atoms with Gasteiger partial charge in [0.2, 0.25) is 5.91 Å². The third-order valence-electron chi connectivity index (χ3n) is 4.08. The fourth-order valence-electron chi connectivity index (χ4n) is 2.71. The Balaban J connectivity index is 2.68. The summed E-state index contributed by atoms with van der Waals surface area (Å²) in [5, 5.41) is 12.2. The normalized spacial score (nSPS) is 29.0. The largest absolute Gasteiger partial charge is 0.481 e. The topological polar surface area (TPSA) is 92.4 Å². The van der Waals surface area contributed by atoms with E-state index in [0.29, 0.717) is 25.2 Å². The molecule has 1 saturated carbocycles. The van der Waals surface area contributed by atoms with Crippen molar-refractivity contribution in [3.63, 3.8) is 0 Å². The van der Waals surface area contributed by atoms with E-state index in [0.717, 1.165) is 12.8 Å². The molecule has 5 nitrogen and oxygen atoms in total. The van der Waals surface area contributed by atoms with Crippen LogP contribution in [0, 0.1) is 11.3 Å². The second kappa shape index (κ2) is 6.37. The number of carboxylic acids is 1. The number of rotatable bonds is 5. The molecule has 110 valence electrons. The quantitative estimate of drug-likeness (QED) is 0.706. The zero-order valence-electron chi connectivity index (χ0n) is 12.1. The molecule has 0 aromatic heterocycles. The van der Waals surface area contributed by atoms with Crippen LogP contribution in [-0.4, -0.2) is 29.1 Å². The van der Waals surface area contributed by atoms with Gasteiger partial charge < -0.3 is 16.2 Å². The van der Waals surface area contributed by atoms with E-state index in [4.69, 9.17) is 5.73 Å². The lowest BCUT2D eigenvalue weighted by molar-refractivity contribution is -0.152. The number of nitrogens with one attached hydrogen (secondary N) is 1. The Labute approximate surface area is 114 Å². The summed E-state index contributed by atoms with van der Waals surface area (Å²) in [4.78, 5) is 23.5. The molecule has 0 spiro atoms.